The number of rotatable bonds is 10. The maximum atomic E-state index is 10.1. The van der Waals surface area contributed by atoms with E-state index in [1.54, 1.807) is 0 Å². The molecule has 0 fully saturated rings. The summed E-state index contributed by atoms with van der Waals surface area (Å²) < 4.78 is 0. The number of hydrogen-bond acceptors (Lipinski definition) is 12. The highest BCUT2D eigenvalue weighted by atomic mass is 16.4. The summed E-state index contributed by atoms with van der Waals surface area (Å²) in [4.78, 5) is 39.9. The lowest BCUT2D eigenvalue weighted by atomic mass is 10.0. The molecular weight excluding hydrogens is 368 g/mol. The molecule has 14 nitrogen and oxygen atoms in total. The first kappa shape index (κ1) is 26.2. The molecule has 152 valence electrons. The Kier molecular flexibility index (Phi) is 12.4. The predicted octanol–water partition coefficient (Wildman–Crippen LogP) is -6.57. The molecule has 0 bridgehead atoms. The Bertz CT molecular complexity index is 425. The van der Waals surface area contributed by atoms with E-state index < -0.39 is 60.8 Å². The van der Waals surface area contributed by atoms with Gasteiger partial charge in [0.2, 0.25) is 0 Å². The van der Waals surface area contributed by atoms with Gasteiger partial charge in [-0.2, -0.15) is 0 Å². The van der Waals surface area contributed by atoms with Gasteiger partial charge in [0, 0.05) is 0 Å². The average Bonchev–Trinajstić information content (AvgIpc) is 2.62. The largest absolute Gasteiger partial charge is 0.479 e. The van der Waals surface area contributed by atoms with Gasteiger partial charge in [-0.05, 0) is 0 Å². The minimum Gasteiger partial charge on any atom is -0.479 e. The van der Waals surface area contributed by atoms with Crippen molar-refractivity contribution in [2.75, 3.05) is 0 Å². The maximum Gasteiger partial charge on any atom is 0.335 e. The molecule has 0 aromatic heterocycles. The highest BCUT2D eigenvalue weighted by molar-refractivity contribution is 5.73. The first-order valence-electron chi connectivity index (χ1n) is 6.64. The number of carbonyl (C=O) groups excluding carboxylic acids is 2. The third kappa shape index (κ3) is 8.37. The molecule has 26 heavy (non-hydrogen) atoms. The monoisotopic (exact) mass is 388 g/mol. The van der Waals surface area contributed by atoms with Crippen LogP contribution in [0.4, 0.5) is 0 Å². The molecule has 0 aliphatic carbocycles. The molecule has 0 amide bonds. The van der Waals surface area contributed by atoms with Crippen molar-refractivity contribution in [1.29, 1.82) is 0 Å². The predicted molar refractivity (Wildman–Crippen MR) is 75.5 cm³/mol. The van der Waals surface area contributed by atoms with Crippen molar-refractivity contribution in [3.63, 3.8) is 0 Å². The van der Waals surface area contributed by atoms with Crippen LogP contribution < -0.4 is 0 Å². The normalized spacial score (nSPS) is 20.0. The molecule has 0 aromatic carbocycles. The van der Waals surface area contributed by atoms with E-state index in [2.05, 4.69) is 0 Å². The molecular formula is C12H20O14. The number of aliphatic carboxylic acids is 2. The van der Waals surface area contributed by atoms with Gasteiger partial charge in [0.15, 0.2) is 24.8 Å². The Hall–Kier alpha value is -2.04. The first-order chi connectivity index (χ1) is 11.8. The zero-order valence-corrected chi connectivity index (χ0v) is 12.9. The fraction of sp³-hybridized carbons (Fsp3) is 0.667. The maximum absolute atomic E-state index is 10.1. The van der Waals surface area contributed by atoms with Crippen LogP contribution in [0.1, 0.15) is 0 Å². The summed E-state index contributed by atoms with van der Waals surface area (Å²) in [7, 11) is 0. The van der Waals surface area contributed by atoms with Crippen LogP contribution in [0.5, 0.6) is 0 Å². The van der Waals surface area contributed by atoms with Crippen LogP contribution in [0.15, 0.2) is 0 Å². The summed E-state index contributed by atoms with van der Waals surface area (Å²) in [5.74, 6) is -3.52. The highest BCUT2D eigenvalue weighted by Crippen LogP contribution is 2.04. The molecule has 10 N–H and O–H groups in total. The zero-order valence-electron chi connectivity index (χ0n) is 12.9. The quantitative estimate of drug-likeness (QED) is 0.156. The van der Waals surface area contributed by atoms with Crippen molar-refractivity contribution in [2.45, 2.75) is 48.8 Å². The molecule has 0 aromatic rings. The van der Waals surface area contributed by atoms with Crippen LogP contribution in [0, 0.1) is 0 Å². The van der Waals surface area contributed by atoms with E-state index in [1.165, 1.54) is 0 Å². The van der Waals surface area contributed by atoms with Crippen molar-refractivity contribution < 1.29 is 70.2 Å². The van der Waals surface area contributed by atoms with Gasteiger partial charge in [-0.1, -0.05) is 0 Å². The van der Waals surface area contributed by atoms with Gasteiger partial charge in [-0.25, -0.2) is 9.59 Å². The van der Waals surface area contributed by atoms with Gasteiger partial charge in [0.1, 0.15) is 36.6 Å². The SMILES string of the molecule is O=C[C@H](O)[C@H](O)[C@@H](O)[C@H](O)C(=O)O.O=C[C@H](O)[C@H](O)[C@@H](O)[C@H](O)C(=O)O. The first-order valence-corrected chi connectivity index (χ1v) is 6.64. The van der Waals surface area contributed by atoms with Crippen LogP contribution in [-0.4, -0.2) is 124 Å². The van der Waals surface area contributed by atoms with Gasteiger partial charge >= 0.3 is 11.9 Å². The molecule has 0 aliphatic rings. The molecule has 14 heteroatoms. The third-order valence-electron chi connectivity index (χ3n) is 2.83. The van der Waals surface area contributed by atoms with Crippen molar-refractivity contribution in [2.24, 2.45) is 0 Å². The third-order valence-corrected chi connectivity index (χ3v) is 2.83. The highest BCUT2D eigenvalue weighted by Gasteiger charge is 2.34. The van der Waals surface area contributed by atoms with E-state index >= 15 is 0 Å². The smallest absolute Gasteiger partial charge is 0.335 e. The van der Waals surface area contributed by atoms with E-state index in [-0.39, 0.29) is 12.6 Å². The summed E-state index contributed by atoms with van der Waals surface area (Å²) in [6, 6.07) is 0. The van der Waals surface area contributed by atoms with Gasteiger partial charge in [0.05, 0.1) is 0 Å². The van der Waals surface area contributed by atoms with Gasteiger partial charge in [-0.15, -0.1) is 0 Å². The number of aliphatic hydroxyl groups is 8. The zero-order chi connectivity index (χ0) is 21.2. The van der Waals surface area contributed by atoms with Crippen LogP contribution in [0.2, 0.25) is 0 Å². The molecule has 0 saturated carbocycles. The van der Waals surface area contributed by atoms with Gasteiger partial charge < -0.3 is 60.7 Å². The number of carboxylic acids is 2. The average molecular weight is 388 g/mol. The Balaban J connectivity index is 0. The second-order valence-electron chi connectivity index (χ2n) is 4.78. The van der Waals surface area contributed by atoms with E-state index in [0.29, 0.717) is 0 Å². The minimum absolute atomic E-state index is 0.0809. The summed E-state index contributed by atoms with van der Waals surface area (Å²) in [6.45, 7) is 0. The number of carboxylic acid groups (broad SMARTS) is 2. The lowest BCUT2D eigenvalue weighted by Crippen LogP contribution is -2.48. The molecule has 0 radical (unpaired) electrons. The van der Waals surface area contributed by atoms with Crippen LogP contribution >= 0.6 is 0 Å². The van der Waals surface area contributed by atoms with Crippen LogP contribution in [0.25, 0.3) is 0 Å². The van der Waals surface area contributed by atoms with Crippen molar-refractivity contribution in [3.05, 3.63) is 0 Å². The summed E-state index contributed by atoms with van der Waals surface area (Å²) in [5.41, 5.74) is 0. The lowest BCUT2D eigenvalue weighted by Gasteiger charge is -2.21. The topological polar surface area (TPSA) is 271 Å². The Morgan fingerprint density at radius 1 is 0.538 bits per heavy atom. The van der Waals surface area contributed by atoms with E-state index in [9.17, 15) is 19.2 Å². The van der Waals surface area contributed by atoms with E-state index in [4.69, 9.17) is 51.1 Å². The fourth-order valence-corrected chi connectivity index (χ4v) is 1.23. The molecule has 0 heterocycles. The number of hydrogen-bond donors (Lipinski definition) is 10. The van der Waals surface area contributed by atoms with Crippen LogP contribution in [-0.2, 0) is 19.2 Å². The molecule has 0 unspecified atom stereocenters. The molecule has 8 atom stereocenters. The second kappa shape index (κ2) is 12.3. The lowest BCUT2D eigenvalue weighted by molar-refractivity contribution is -0.164. The summed E-state index contributed by atoms with van der Waals surface area (Å²) in [6.07, 6.45) is -16.8. The summed E-state index contributed by atoms with van der Waals surface area (Å²) in [5, 5.41) is 86.4. The Morgan fingerprint density at radius 2 is 0.769 bits per heavy atom. The van der Waals surface area contributed by atoms with Gasteiger partial charge in [-0.3, -0.25) is 0 Å². The molecule has 0 spiro atoms. The number of aldehydes is 2. The van der Waals surface area contributed by atoms with E-state index in [0.717, 1.165) is 0 Å². The second-order valence-corrected chi connectivity index (χ2v) is 4.78. The molecule has 0 rings (SSSR count). The van der Waals surface area contributed by atoms with Crippen molar-refractivity contribution in [3.8, 4) is 0 Å². The number of aliphatic hydroxyl groups excluding tert-OH is 8. The van der Waals surface area contributed by atoms with Crippen molar-refractivity contribution in [1.82, 2.24) is 0 Å². The van der Waals surface area contributed by atoms with Crippen molar-refractivity contribution >= 4 is 24.5 Å². The Morgan fingerprint density at radius 3 is 0.923 bits per heavy atom. The van der Waals surface area contributed by atoms with E-state index in [1.807, 2.05) is 0 Å². The minimum atomic E-state index is -2.25. The molecule has 0 saturated heterocycles. The van der Waals surface area contributed by atoms with Crippen LogP contribution in [0.3, 0.4) is 0 Å². The fourth-order valence-electron chi connectivity index (χ4n) is 1.23. The molecule has 0 aliphatic heterocycles. The number of carbonyl (C=O) groups is 4. The Labute approximate surface area is 144 Å². The van der Waals surface area contributed by atoms with Gasteiger partial charge in [0.25, 0.3) is 0 Å². The standard InChI is InChI=1S/2C6H10O7/c2*7-1-2(8)3(9)4(10)5(11)6(12)13/h2*1-5,8-11H,(H,12,13)/t2*2-,3-,4+,5-/m00/s1. The summed E-state index contributed by atoms with van der Waals surface area (Å²) >= 11 is 0.